The van der Waals surface area contributed by atoms with Crippen molar-refractivity contribution in [3.8, 4) is 23.3 Å². The summed E-state index contributed by atoms with van der Waals surface area (Å²) in [5, 5.41) is 18.5. The number of fused-ring (bicyclic) bond motifs is 1. The van der Waals surface area contributed by atoms with Gasteiger partial charge in [-0.25, -0.2) is 9.97 Å². The Kier molecular flexibility index (Phi) is 5.29. The highest BCUT2D eigenvalue weighted by Gasteiger charge is 2.17. The topological polar surface area (TPSA) is 91.5 Å². The van der Waals surface area contributed by atoms with Gasteiger partial charge in [0, 0.05) is 24.3 Å². The second kappa shape index (κ2) is 8.54. The molecule has 0 spiro atoms. The van der Waals surface area contributed by atoms with Crippen molar-refractivity contribution >= 4 is 16.7 Å². The third-order valence-electron chi connectivity index (χ3n) is 5.60. The van der Waals surface area contributed by atoms with Crippen LogP contribution in [0.5, 0.6) is 0 Å². The minimum absolute atomic E-state index is 0.250. The van der Waals surface area contributed by atoms with Gasteiger partial charge in [-0.1, -0.05) is 36.4 Å². The van der Waals surface area contributed by atoms with Crippen LogP contribution in [0.2, 0.25) is 0 Å². The molecule has 0 saturated carbocycles. The Balaban J connectivity index is 1.55. The molecule has 5 rings (SSSR count). The fourth-order valence-electron chi connectivity index (χ4n) is 4.08. The average molecular weight is 409 g/mol. The van der Waals surface area contributed by atoms with Crippen LogP contribution in [0.15, 0.2) is 60.9 Å². The van der Waals surface area contributed by atoms with E-state index < -0.39 is 0 Å². The summed E-state index contributed by atoms with van der Waals surface area (Å²) < 4.78 is 1.96. The predicted octanol–water partition coefficient (Wildman–Crippen LogP) is 3.71. The van der Waals surface area contributed by atoms with Crippen LogP contribution >= 0.6 is 0 Å². The number of hydrogen-bond donors (Lipinski definition) is 2. The van der Waals surface area contributed by atoms with Crippen molar-refractivity contribution in [3.63, 3.8) is 0 Å². The number of nitrogens with zero attached hydrogens (tertiary/aromatic N) is 5. The SMILES string of the molecule is N#CCc1cnc(-c2ccc3ccccc3c2)n1-c1ccnc(NC2CCCNC2)n1. The minimum atomic E-state index is 0.250. The van der Waals surface area contributed by atoms with Gasteiger partial charge in [-0.05, 0) is 42.3 Å². The summed E-state index contributed by atoms with van der Waals surface area (Å²) in [6.07, 6.45) is 5.99. The molecule has 0 aliphatic carbocycles. The van der Waals surface area contributed by atoms with Crippen molar-refractivity contribution in [2.45, 2.75) is 25.3 Å². The third kappa shape index (κ3) is 3.98. The van der Waals surface area contributed by atoms with Gasteiger partial charge in [0.1, 0.15) is 11.6 Å². The normalized spacial score (nSPS) is 16.2. The van der Waals surface area contributed by atoms with E-state index in [4.69, 9.17) is 4.98 Å². The number of nitrogens with one attached hydrogen (secondary N) is 2. The molecular weight excluding hydrogens is 386 g/mol. The first-order valence-electron chi connectivity index (χ1n) is 10.6. The van der Waals surface area contributed by atoms with Gasteiger partial charge in [-0.2, -0.15) is 10.2 Å². The second-order valence-electron chi connectivity index (χ2n) is 7.73. The summed E-state index contributed by atoms with van der Waals surface area (Å²) in [5.74, 6) is 2.06. The quantitative estimate of drug-likeness (QED) is 0.522. The molecule has 1 fully saturated rings. The highest BCUT2D eigenvalue weighted by Crippen LogP contribution is 2.27. The van der Waals surface area contributed by atoms with Crippen LogP contribution in [0.25, 0.3) is 28.0 Å². The van der Waals surface area contributed by atoms with E-state index in [2.05, 4.69) is 57.0 Å². The Hall–Kier alpha value is -3.76. The lowest BCUT2D eigenvalue weighted by molar-refractivity contribution is 0.478. The van der Waals surface area contributed by atoms with Gasteiger partial charge in [-0.15, -0.1) is 0 Å². The molecule has 1 aliphatic rings. The number of benzene rings is 2. The van der Waals surface area contributed by atoms with E-state index >= 15 is 0 Å². The van der Waals surface area contributed by atoms with Crippen molar-refractivity contribution in [2.75, 3.05) is 18.4 Å². The number of piperidine rings is 1. The molecule has 7 heteroatoms. The standard InChI is InChI=1S/C24H23N7/c25-11-9-21-16-28-23(19-8-7-17-4-1-2-5-18(17)14-19)31(21)22-10-13-27-24(30-22)29-20-6-3-12-26-15-20/h1-2,4-5,7-8,10,13-14,16,20,26H,3,6,9,12,15H2,(H,27,29,30). The van der Waals surface area contributed by atoms with Crippen LogP contribution in [0.1, 0.15) is 18.5 Å². The van der Waals surface area contributed by atoms with E-state index in [9.17, 15) is 5.26 Å². The summed E-state index contributed by atoms with van der Waals surface area (Å²) >= 11 is 0. The van der Waals surface area contributed by atoms with Crippen molar-refractivity contribution < 1.29 is 0 Å². The molecule has 7 nitrogen and oxygen atoms in total. The number of anilines is 1. The molecule has 4 aromatic rings. The van der Waals surface area contributed by atoms with Crippen molar-refractivity contribution in [3.05, 3.63) is 66.6 Å². The fourth-order valence-corrected chi connectivity index (χ4v) is 4.08. The molecule has 2 aromatic carbocycles. The lowest BCUT2D eigenvalue weighted by atomic mass is 10.1. The molecule has 2 aromatic heterocycles. The van der Waals surface area contributed by atoms with Gasteiger partial charge in [0.2, 0.25) is 5.95 Å². The Labute approximate surface area is 180 Å². The van der Waals surface area contributed by atoms with Crippen LogP contribution in [0.3, 0.4) is 0 Å². The number of imidazole rings is 1. The van der Waals surface area contributed by atoms with E-state index in [1.54, 1.807) is 12.4 Å². The summed E-state index contributed by atoms with van der Waals surface area (Å²) in [5.41, 5.74) is 1.78. The van der Waals surface area contributed by atoms with Gasteiger partial charge in [0.25, 0.3) is 0 Å². The second-order valence-corrected chi connectivity index (χ2v) is 7.73. The third-order valence-corrected chi connectivity index (χ3v) is 5.60. The number of hydrogen-bond acceptors (Lipinski definition) is 6. The van der Waals surface area contributed by atoms with E-state index in [1.165, 1.54) is 5.39 Å². The maximum atomic E-state index is 9.34. The van der Waals surface area contributed by atoms with Crippen LogP contribution in [-0.2, 0) is 6.42 Å². The smallest absolute Gasteiger partial charge is 0.224 e. The number of aromatic nitrogens is 4. The summed E-state index contributed by atoms with van der Waals surface area (Å²) in [7, 11) is 0. The Morgan fingerprint density at radius 1 is 1.13 bits per heavy atom. The first-order valence-corrected chi connectivity index (χ1v) is 10.6. The predicted molar refractivity (Wildman–Crippen MR) is 121 cm³/mol. The largest absolute Gasteiger partial charge is 0.350 e. The lowest BCUT2D eigenvalue weighted by Gasteiger charge is -2.23. The molecule has 1 saturated heterocycles. The van der Waals surface area contributed by atoms with Crippen LogP contribution in [0.4, 0.5) is 5.95 Å². The Bertz CT molecular complexity index is 1250. The molecule has 0 amide bonds. The van der Waals surface area contributed by atoms with Crippen molar-refractivity contribution in [2.24, 2.45) is 0 Å². The summed E-state index contributed by atoms with van der Waals surface area (Å²) in [6, 6.07) is 18.9. The van der Waals surface area contributed by atoms with Crippen LogP contribution in [-0.4, -0.2) is 38.7 Å². The first-order chi connectivity index (χ1) is 15.3. The summed E-state index contributed by atoms with van der Waals surface area (Å²) in [6.45, 7) is 1.96. The molecule has 0 radical (unpaired) electrons. The van der Waals surface area contributed by atoms with Gasteiger partial charge in [0.15, 0.2) is 0 Å². The Morgan fingerprint density at radius 2 is 2.03 bits per heavy atom. The molecule has 3 heterocycles. The maximum absolute atomic E-state index is 9.34. The summed E-state index contributed by atoms with van der Waals surface area (Å²) in [4.78, 5) is 13.8. The molecule has 31 heavy (non-hydrogen) atoms. The molecular formula is C24H23N7. The van der Waals surface area contributed by atoms with Crippen LogP contribution in [0, 0.1) is 11.3 Å². The monoisotopic (exact) mass is 409 g/mol. The van der Waals surface area contributed by atoms with Gasteiger partial charge in [-0.3, -0.25) is 4.57 Å². The maximum Gasteiger partial charge on any atom is 0.224 e. The zero-order valence-corrected chi connectivity index (χ0v) is 17.1. The van der Waals surface area contributed by atoms with Crippen molar-refractivity contribution in [1.29, 1.82) is 5.26 Å². The molecule has 1 unspecified atom stereocenters. The zero-order valence-electron chi connectivity index (χ0n) is 17.1. The average Bonchev–Trinajstić information content (AvgIpc) is 3.23. The van der Waals surface area contributed by atoms with E-state index in [0.29, 0.717) is 17.8 Å². The highest BCUT2D eigenvalue weighted by molar-refractivity contribution is 5.86. The first kappa shape index (κ1) is 19.2. The van der Waals surface area contributed by atoms with E-state index in [-0.39, 0.29) is 6.42 Å². The number of nitriles is 1. The highest BCUT2D eigenvalue weighted by atomic mass is 15.2. The van der Waals surface area contributed by atoms with Gasteiger partial charge >= 0.3 is 0 Å². The van der Waals surface area contributed by atoms with Gasteiger partial charge < -0.3 is 10.6 Å². The molecule has 1 aliphatic heterocycles. The number of rotatable bonds is 5. The van der Waals surface area contributed by atoms with E-state index in [0.717, 1.165) is 48.4 Å². The molecule has 1 atom stereocenters. The minimum Gasteiger partial charge on any atom is -0.350 e. The van der Waals surface area contributed by atoms with Crippen LogP contribution < -0.4 is 10.6 Å². The fraction of sp³-hybridized carbons (Fsp3) is 0.250. The lowest BCUT2D eigenvalue weighted by Crippen LogP contribution is -2.38. The van der Waals surface area contributed by atoms with Crippen molar-refractivity contribution in [1.82, 2.24) is 24.8 Å². The molecule has 154 valence electrons. The molecule has 0 bridgehead atoms. The Morgan fingerprint density at radius 3 is 2.87 bits per heavy atom. The zero-order chi connectivity index (χ0) is 21.0. The molecule has 2 N–H and O–H groups in total. The van der Waals surface area contributed by atoms with Gasteiger partial charge in [0.05, 0.1) is 24.4 Å². The van der Waals surface area contributed by atoms with E-state index in [1.807, 2.05) is 22.8 Å².